The maximum Gasteiger partial charge on any atom is 0.694 e. The van der Waals surface area contributed by atoms with E-state index in [-0.39, 0.29) is 6.61 Å². The van der Waals surface area contributed by atoms with Gasteiger partial charge in [-0.25, -0.2) is 0 Å². The fourth-order valence-electron chi connectivity index (χ4n) is 1.21. The van der Waals surface area contributed by atoms with E-state index in [1.54, 1.807) is 6.92 Å². The smallest absolute Gasteiger partial charge is 0.388 e. The zero-order chi connectivity index (χ0) is 10.0. The Morgan fingerprint density at radius 1 is 1.46 bits per heavy atom. The zero-order valence-electron chi connectivity index (χ0n) is 7.03. The monoisotopic (exact) mass is 211 g/mol. The van der Waals surface area contributed by atoms with Gasteiger partial charge in [0.1, 0.15) is 24.9 Å². The van der Waals surface area contributed by atoms with Crippen LogP contribution in [0.25, 0.3) is 0 Å². The first-order chi connectivity index (χ1) is 6.02. The average molecular weight is 211 g/mol. The Kier molecular flexibility index (Phi) is 3.73. The molecule has 0 spiro atoms. The third-order valence-corrected chi connectivity index (χ3v) is 2.32. The first-order valence-electron chi connectivity index (χ1n) is 3.83. The summed E-state index contributed by atoms with van der Waals surface area (Å²) in [5.74, 6) is 0. The summed E-state index contributed by atoms with van der Waals surface area (Å²) in [7, 11) is -2.69. The van der Waals surface area contributed by atoms with Crippen LogP contribution in [0.5, 0.6) is 0 Å². The van der Waals surface area contributed by atoms with Gasteiger partial charge in [-0.1, -0.05) is 0 Å². The van der Waals surface area contributed by atoms with Crippen molar-refractivity contribution in [2.45, 2.75) is 31.3 Å². The fraction of sp³-hybridized carbons (Fsp3) is 1.00. The van der Waals surface area contributed by atoms with Crippen molar-refractivity contribution in [3.63, 3.8) is 0 Å². The van der Waals surface area contributed by atoms with Crippen molar-refractivity contribution in [1.82, 2.24) is 0 Å². The lowest BCUT2D eigenvalue weighted by atomic mass is 10.1. The molecule has 0 aliphatic carbocycles. The van der Waals surface area contributed by atoms with Crippen molar-refractivity contribution in [2.24, 2.45) is 0 Å². The zero-order valence-corrected chi connectivity index (χ0v) is 7.92. The minimum Gasteiger partial charge on any atom is -0.388 e. The van der Waals surface area contributed by atoms with Crippen LogP contribution in [0.3, 0.4) is 0 Å². The number of rotatable bonds is 3. The Morgan fingerprint density at radius 2 is 2.08 bits per heavy atom. The van der Waals surface area contributed by atoms with Crippen molar-refractivity contribution in [1.29, 1.82) is 0 Å². The number of aliphatic hydroxyl groups excluding tert-OH is 2. The van der Waals surface area contributed by atoms with Crippen LogP contribution in [-0.4, -0.2) is 46.1 Å². The molecule has 6 nitrogen and oxygen atoms in total. The summed E-state index contributed by atoms with van der Waals surface area (Å²) in [6, 6.07) is 0. The molecule has 0 saturated carbocycles. The number of hydrogen-bond acceptors (Lipinski definition) is 5. The minimum absolute atomic E-state index is 0.200. The van der Waals surface area contributed by atoms with Crippen LogP contribution in [0.2, 0.25) is 0 Å². The van der Waals surface area contributed by atoms with Gasteiger partial charge in [0.25, 0.3) is 0 Å². The fourth-order valence-corrected chi connectivity index (χ4v) is 1.48. The van der Waals surface area contributed by atoms with Gasteiger partial charge in [-0.2, -0.15) is 0 Å². The maximum absolute atomic E-state index is 10.2. The topological polar surface area (TPSA) is 96.2 Å². The summed E-state index contributed by atoms with van der Waals surface area (Å²) >= 11 is 0. The molecule has 1 aliphatic heterocycles. The van der Waals surface area contributed by atoms with Crippen molar-refractivity contribution in [3.8, 4) is 0 Å². The number of ether oxygens (including phenoxy) is 1. The summed E-state index contributed by atoms with van der Waals surface area (Å²) in [4.78, 5) is 8.32. The molecule has 5 atom stereocenters. The van der Waals surface area contributed by atoms with Crippen molar-refractivity contribution in [2.75, 3.05) is 6.61 Å². The van der Waals surface area contributed by atoms with E-state index in [2.05, 4.69) is 4.52 Å². The van der Waals surface area contributed by atoms with Crippen molar-refractivity contribution < 1.29 is 28.9 Å². The largest absolute Gasteiger partial charge is 0.694 e. The normalized spacial score (nSPS) is 40.8. The molecule has 76 valence electrons. The molecule has 1 rings (SSSR count). The molecule has 7 heteroatoms. The third-order valence-electron chi connectivity index (χ3n) is 1.95. The average Bonchev–Trinajstić information content (AvgIpc) is 2.29. The predicted molar refractivity (Wildman–Crippen MR) is 42.1 cm³/mol. The second kappa shape index (κ2) is 4.41. The van der Waals surface area contributed by atoms with E-state index in [1.807, 2.05) is 0 Å². The summed E-state index contributed by atoms with van der Waals surface area (Å²) in [5.41, 5.74) is 0. The van der Waals surface area contributed by atoms with Crippen molar-refractivity contribution in [3.05, 3.63) is 0 Å². The van der Waals surface area contributed by atoms with Gasteiger partial charge in [0.05, 0.1) is 6.10 Å². The molecular weight excluding hydrogens is 199 g/mol. The van der Waals surface area contributed by atoms with E-state index < -0.39 is 32.7 Å². The molecule has 3 N–H and O–H groups in total. The quantitative estimate of drug-likeness (QED) is 0.527. The van der Waals surface area contributed by atoms with Gasteiger partial charge in [0.15, 0.2) is 0 Å². The highest BCUT2D eigenvalue weighted by atomic mass is 31.1. The lowest BCUT2D eigenvalue weighted by Gasteiger charge is -2.10. The van der Waals surface area contributed by atoms with Gasteiger partial charge in [-0.15, -0.1) is 9.42 Å². The van der Waals surface area contributed by atoms with Gasteiger partial charge in [-0.05, 0) is 6.92 Å². The van der Waals surface area contributed by atoms with E-state index in [4.69, 9.17) is 9.63 Å². The Labute approximate surface area is 76.0 Å². The molecule has 1 aliphatic rings. The standard InChI is InChI=1S/C6H11O6P/c1-3-5(7)6(8)4(12-3)2-11-13(9)10/h3-8H,2H2,1H3/p+1. The lowest BCUT2D eigenvalue weighted by Crippen LogP contribution is -2.33. The van der Waals surface area contributed by atoms with Gasteiger partial charge in [-0.3, -0.25) is 0 Å². The predicted octanol–water partition coefficient (Wildman–Crippen LogP) is -0.838. The van der Waals surface area contributed by atoms with Crippen LogP contribution in [0.4, 0.5) is 0 Å². The molecule has 1 heterocycles. The summed E-state index contributed by atoms with van der Waals surface area (Å²) in [6.07, 6.45) is -3.26. The summed E-state index contributed by atoms with van der Waals surface area (Å²) in [5, 5.41) is 18.5. The van der Waals surface area contributed by atoms with E-state index in [0.717, 1.165) is 0 Å². The Morgan fingerprint density at radius 3 is 2.46 bits per heavy atom. The molecule has 13 heavy (non-hydrogen) atoms. The number of aliphatic hydroxyl groups is 2. The van der Waals surface area contributed by atoms with Gasteiger partial charge < -0.3 is 14.9 Å². The summed E-state index contributed by atoms with van der Waals surface area (Å²) < 4.78 is 19.6. The SMILES string of the molecule is CC1OC(CO[P+](=O)O)C(O)C1O. The van der Waals surface area contributed by atoms with E-state index in [1.165, 1.54) is 0 Å². The van der Waals surface area contributed by atoms with Gasteiger partial charge in [0.2, 0.25) is 0 Å². The van der Waals surface area contributed by atoms with E-state index >= 15 is 0 Å². The van der Waals surface area contributed by atoms with E-state index in [9.17, 15) is 14.8 Å². The van der Waals surface area contributed by atoms with Crippen LogP contribution >= 0.6 is 8.25 Å². The molecule has 0 aromatic carbocycles. The van der Waals surface area contributed by atoms with Crippen LogP contribution in [0.1, 0.15) is 6.92 Å². The van der Waals surface area contributed by atoms with Crippen LogP contribution in [-0.2, 0) is 13.8 Å². The first kappa shape index (κ1) is 11.0. The van der Waals surface area contributed by atoms with Crippen LogP contribution in [0.15, 0.2) is 0 Å². The Hall–Kier alpha value is -0.100. The van der Waals surface area contributed by atoms with Crippen LogP contribution in [0, 0.1) is 0 Å². The van der Waals surface area contributed by atoms with Crippen molar-refractivity contribution >= 4 is 8.25 Å². The molecule has 0 aromatic heterocycles. The first-order valence-corrected chi connectivity index (χ1v) is 4.96. The molecule has 0 amide bonds. The highest BCUT2D eigenvalue weighted by Crippen LogP contribution is 2.24. The van der Waals surface area contributed by atoms with Gasteiger partial charge >= 0.3 is 8.25 Å². The highest BCUT2D eigenvalue weighted by Gasteiger charge is 2.41. The molecule has 1 saturated heterocycles. The lowest BCUT2D eigenvalue weighted by molar-refractivity contribution is -0.0114. The van der Waals surface area contributed by atoms with E-state index in [0.29, 0.717) is 0 Å². The molecule has 0 aromatic rings. The molecule has 0 radical (unpaired) electrons. The second-order valence-corrected chi connectivity index (χ2v) is 3.63. The number of hydrogen-bond donors (Lipinski definition) is 3. The Balaban J connectivity index is 2.40. The highest BCUT2D eigenvalue weighted by molar-refractivity contribution is 7.32. The molecule has 1 fully saturated rings. The molecule has 0 bridgehead atoms. The molecular formula is C6H12O6P+. The van der Waals surface area contributed by atoms with Crippen LogP contribution < -0.4 is 0 Å². The second-order valence-electron chi connectivity index (χ2n) is 2.89. The maximum atomic E-state index is 10.2. The van der Waals surface area contributed by atoms with Gasteiger partial charge in [0, 0.05) is 4.57 Å². The Bertz CT molecular complexity index is 198. The minimum atomic E-state index is -2.69. The molecule has 5 unspecified atom stereocenters. The summed E-state index contributed by atoms with van der Waals surface area (Å²) in [6.45, 7) is 1.40. The third kappa shape index (κ3) is 2.67.